The zero-order valence-electron chi connectivity index (χ0n) is 16.7. The molecule has 0 unspecified atom stereocenters. The number of carbonyl (C=O) groups excluding carboxylic acids is 1. The number of carbonyl (C=O) groups is 1. The summed E-state index contributed by atoms with van der Waals surface area (Å²) in [4.78, 5) is 12.5. The summed E-state index contributed by atoms with van der Waals surface area (Å²) in [5.41, 5.74) is 0.319. The first kappa shape index (κ1) is 24.7. The van der Waals surface area contributed by atoms with Gasteiger partial charge in [0.05, 0.1) is 7.11 Å². The molecule has 28 heavy (non-hydrogen) atoms. The summed E-state index contributed by atoms with van der Waals surface area (Å²) in [5.74, 6) is -0.0244. The van der Waals surface area contributed by atoms with Crippen LogP contribution in [0, 0.1) is 0 Å². The van der Waals surface area contributed by atoms with Crippen molar-refractivity contribution in [1.29, 1.82) is 0 Å². The molecule has 2 N–H and O–H groups in total. The number of hydrogen-bond donors (Lipinski definition) is 2. The Morgan fingerprint density at radius 3 is 2.39 bits per heavy atom. The number of hydrogen-bond acceptors (Lipinski definition) is 5. The van der Waals surface area contributed by atoms with E-state index in [2.05, 4.69) is 17.6 Å². The number of rotatable bonds is 9. The fourth-order valence-corrected chi connectivity index (χ4v) is 4.81. The molecular formula is C19H32ClN3O4S. The number of methoxy groups -OCH3 is 1. The Bertz CT molecular complexity index is 720. The van der Waals surface area contributed by atoms with Gasteiger partial charge in [-0.15, -0.1) is 12.4 Å². The van der Waals surface area contributed by atoms with E-state index in [0.717, 1.165) is 38.6 Å². The Hall–Kier alpha value is -1.35. The second-order valence-corrected chi connectivity index (χ2v) is 8.60. The Kier molecular flexibility index (Phi) is 10.8. The van der Waals surface area contributed by atoms with Gasteiger partial charge in [-0.25, -0.2) is 8.42 Å². The first-order chi connectivity index (χ1) is 13.0. The highest BCUT2D eigenvalue weighted by Crippen LogP contribution is 2.29. The van der Waals surface area contributed by atoms with E-state index in [1.54, 1.807) is 12.1 Å². The smallest absolute Gasteiger partial charge is 0.251 e. The van der Waals surface area contributed by atoms with Crippen LogP contribution in [0.3, 0.4) is 0 Å². The molecule has 0 aromatic heterocycles. The summed E-state index contributed by atoms with van der Waals surface area (Å²) in [6.45, 7) is 5.15. The fourth-order valence-electron chi connectivity index (χ4n) is 3.11. The van der Waals surface area contributed by atoms with Crippen molar-refractivity contribution in [3.63, 3.8) is 0 Å². The lowest BCUT2D eigenvalue weighted by Crippen LogP contribution is -2.33. The monoisotopic (exact) mass is 433 g/mol. The van der Waals surface area contributed by atoms with Gasteiger partial charge in [-0.05, 0) is 44.0 Å². The molecule has 1 aliphatic heterocycles. The van der Waals surface area contributed by atoms with Gasteiger partial charge in [0.2, 0.25) is 10.0 Å². The molecule has 0 aliphatic carbocycles. The molecule has 1 fully saturated rings. The minimum atomic E-state index is -3.70. The summed E-state index contributed by atoms with van der Waals surface area (Å²) >= 11 is 0. The van der Waals surface area contributed by atoms with Crippen molar-refractivity contribution in [1.82, 2.24) is 14.9 Å². The van der Waals surface area contributed by atoms with Crippen LogP contribution >= 0.6 is 12.4 Å². The predicted molar refractivity (Wildman–Crippen MR) is 113 cm³/mol. The lowest BCUT2D eigenvalue weighted by Gasteiger charge is -2.21. The van der Waals surface area contributed by atoms with Crippen LogP contribution in [-0.4, -0.2) is 58.5 Å². The van der Waals surface area contributed by atoms with Crippen LogP contribution in [0.1, 0.15) is 49.4 Å². The van der Waals surface area contributed by atoms with Crippen LogP contribution in [0.2, 0.25) is 0 Å². The minimum absolute atomic E-state index is 0. The van der Waals surface area contributed by atoms with Crippen molar-refractivity contribution in [2.45, 2.75) is 43.9 Å². The van der Waals surface area contributed by atoms with E-state index in [4.69, 9.17) is 4.74 Å². The normalized spacial score (nSPS) is 15.4. The standard InChI is InChI=1S/C19H31N3O4S.ClH/c1-3-10-20-11-12-21-19(23)16-8-9-17(26-2)18(15-16)27(24,25)22-13-6-4-5-7-14-22;/h8-9,15,20H,3-7,10-14H2,1-2H3,(H,21,23);1H. The Balaban J connectivity index is 0.00000392. The van der Waals surface area contributed by atoms with Gasteiger partial charge in [0.1, 0.15) is 10.6 Å². The highest BCUT2D eigenvalue weighted by atomic mass is 35.5. The predicted octanol–water partition coefficient (Wildman–Crippen LogP) is 2.41. The molecule has 0 radical (unpaired) electrons. The van der Waals surface area contributed by atoms with Crippen LogP contribution in [0.25, 0.3) is 0 Å². The second-order valence-electron chi connectivity index (χ2n) is 6.69. The summed E-state index contributed by atoms with van der Waals surface area (Å²) in [6.07, 6.45) is 4.82. The second kappa shape index (κ2) is 12.3. The molecule has 1 saturated heterocycles. The molecule has 0 saturated carbocycles. The number of sulfonamides is 1. The number of ether oxygens (including phenoxy) is 1. The van der Waals surface area contributed by atoms with E-state index in [9.17, 15) is 13.2 Å². The lowest BCUT2D eigenvalue weighted by molar-refractivity contribution is 0.0953. The van der Waals surface area contributed by atoms with Crippen molar-refractivity contribution < 1.29 is 17.9 Å². The van der Waals surface area contributed by atoms with Crippen molar-refractivity contribution in [3.05, 3.63) is 23.8 Å². The molecule has 1 aromatic carbocycles. The van der Waals surface area contributed by atoms with Gasteiger partial charge >= 0.3 is 0 Å². The maximum absolute atomic E-state index is 13.1. The first-order valence-corrected chi connectivity index (χ1v) is 11.1. The summed E-state index contributed by atoms with van der Waals surface area (Å²) in [5, 5.41) is 6.02. The molecule has 2 rings (SSSR count). The largest absolute Gasteiger partial charge is 0.495 e. The quantitative estimate of drug-likeness (QED) is 0.584. The summed E-state index contributed by atoms with van der Waals surface area (Å²) < 4.78 is 33.0. The SMILES string of the molecule is CCCNCCNC(=O)c1ccc(OC)c(S(=O)(=O)N2CCCCCC2)c1.Cl. The third kappa shape index (κ3) is 6.62. The van der Waals surface area contributed by atoms with E-state index < -0.39 is 10.0 Å². The topological polar surface area (TPSA) is 87.7 Å². The van der Waals surface area contributed by atoms with E-state index in [1.807, 2.05) is 0 Å². The number of nitrogens with one attached hydrogen (secondary N) is 2. The molecule has 1 amide bonds. The molecule has 1 aromatic rings. The van der Waals surface area contributed by atoms with Crippen molar-refractivity contribution in [2.24, 2.45) is 0 Å². The Labute approximate surface area is 174 Å². The van der Waals surface area contributed by atoms with Gasteiger partial charge in [0, 0.05) is 31.7 Å². The molecule has 1 heterocycles. The molecule has 0 atom stereocenters. The molecule has 160 valence electrons. The van der Waals surface area contributed by atoms with Gasteiger partial charge in [0.25, 0.3) is 5.91 Å². The highest BCUT2D eigenvalue weighted by molar-refractivity contribution is 7.89. The Morgan fingerprint density at radius 1 is 1.11 bits per heavy atom. The maximum atomic E-state index is 13.1. The molecule has 9 heteroatoms. The summed E-state index contributed by atoms with van der Waals surface area (Å²) in [7, 11) is -2.26. The zero-order valence-corrected chi connectivity index (χ0v) is 18.3. The molecule has 0 bridgehead atoms. The third-order valence-corrected chi connectivity index (χ3v) is 6.54. The van der Waals surface area contributed by atoms with Crippen LogP contribution in [-0.2, 0) is 10.0 Å². The zero-order chi connectivity index (χ0) is 19.7. The molecule has 7 nitrogen and oxygen atoms in total. The number of nitrogens with zero attached hydrogens (tertiary/aromatic N) is 1. The average Bonchev–Trinajstić information content (AvgIpc) is 2.97. The van der Waals surface area contributed by atoms with Crippen LogP contribution in [0.5, 0.6) is 5.75 Å². The average molecular weight is 434 g/mol. The number of benzene rings is 1. The summed E-state index contributed by atoms with van der Waals surface area (Å²) in [6, 6.07) is 4.57. The van der Waals surface area contributed by atoms with E-state index >= 15 is 0 Å². The number of amides is 1. The van der Waals surface area contributed by atoms with Gasteiger partial charge in [-0.2, -0.15) is 4.31 Å². The minimum Gasteiger partial charge on any atom is -0.495 e. The first-order valence-electron chi connectivity index (χ1n) is 9.67. The van der Waals surface area contributed by atoms with Gasteiger partial charge in [0.15, 0.2) is 0 Å². The molecule has 1 aliphatic rings. The van der Waals surface area contributed by atoms with Gasteiger partial charge in [-0.3, -0.25) is 4.79 Å². The lowest BCUT2D eigenvalue weighted by atomic mass is 10.2. The van der Waals surface area contributed by atoms with Crippen molar-refractivity contribution in [3.8, 4) is 5.75 Å². The third-order valence-electron chi connectivity index (χ3n) is 4.62. The van der Waals surface area contributed by atoms with E-state index in [0.29, 0.717) is 31.7 Å². The fraction of sp³-hybridized carbons (Fsp3) is 0.632. The van der Waals surface area contributed by atoms with E-state index in [1.165, 1.54) is 17.5 Å². The molecule has 0 spiro atoms. The van der Waals surface area contributed by atoms with Crippen molar-refractivity contribution in [2.75, 3.05) is 39.8 Å². The van der Waals surface area contributed by atoms with Crippen LogP contribution in [0.4, 0.5) is 0 Å². The maximum Gasteiger partial charge on any atom is 0.251 e. The Morgan fingerprint density at radius 2 is 1.79 bits per heavy atom. The van der Waals surface area contributed by atoms with E-state index in [-0.39, 0.29) is 29.0 Å². The van der Waals surface area contributed by atoms with Gasteiger partial charge < -0.3 is 15.4 Å². The highest BCUT2D eigenvalue weighted by Gasteiger charge is 2.29. The van der Waals surface area contributed by atoms with Crippen LogP contribution in [0.15, 0.2) is 23.1 Å². The van der Waals surface area contributed by atoms with Crippen LogP contribution < -0.4 is 15.4 Å². The molecular weight excluding hydrogens is 402 g/mol. The van der Waals surface area contributed by atoms with Crippen molar-refractivity contribution >= 4 is 28.3 Å². The number of halogens is 1. The van der Waals surface area contributed by atoms with Gasteiger partial charge in [-0.1, -0.05) is 19.8 Å².